The van der Waals surface area contributed by atoms with Crippen molar-refractivity contribution in [1.82, 2.24) is 4.98 Å². The first-order valence-electron chi connectivity index (χ1n) is 3.18. The number of pyridine rings is 1. The molecule has 0 aromatic carbocycles. The van der Waals surface area contributed by atoms with Crippen LogP contribution in [0.1, 0.15) is 12.6 Å². The second-order valence-electron chi connectivity index (χ2n) is 2.00. The highest BCUT2D eigenvalue weighted by Gasteiger charge is 1.98. The lowest BCUT2D eigenvalue weighted by Gasteiger charge is -1.93. The second-order valence-corrected chi connectivity index (χ2v) is 2.00. The summed E-state index contributed by atoms with van der Waals surface area (Å²) in [6.07, 6.45) is 2.26. The van der Waals surface area contributed by atoms with Gasteiger partial charge < -0.3 is 0 Å². The zero-order valence-corrected chi connectivity index (χ0v) is 6.01. The zero-order valence-electron chi connectivity index (χ0n) is 6.01. The lowest BCUT2D eigenvalue weighted by atomic mass is 10.3. The monoisotopic (exact) mass is 155 g/mol. The summed E-state index contributed by atoms with van der Waals surface area (Å²) in [4.78, 5) is 3.53. The molecule has 11 heavy (non-hydrogen) atoms. The van der Waals surface area contributed by atoms with Crippen LogP contribution in [0.25, 0.3) is 5.83 Å². The minimum atomic E-state index is -0.461. The Kier molecular flexibility index (Phi) is 2.31. The van der Waals surface area contributed by atoms with Gasteiger partial charge in [-0.1, -0.05) is 0 Å². The summed E-state index contributed by atoms with van der Waals surface area (Å²) >= 11 is 0. The minimum Gasteiger partial charge on any atom is -0.251 e. The maximum absolute atomic E-state index is 12.7. The molecule has 0 N–H and O–H groups in total. The summed E-state index contributed by atoms with van der Waals surface area (Å²) in [5.74, 6) is -0.900. The average Bonchev–Trinajstić information content (AvgIpc) is 2.05. The first-order valence-corrected chi connectivity index (χ1v) is 3.18. The van der Waals surface area contributed by atoms with E-state index in [1.54, 1.807) is 6.92 Å². The molecular weight excluding hydrogens is 148 g/mol. The van der Waals surface area contributed by atoms with Crippen molar-refractivity contribution in [2.75, 3.05) is 0 Å². The molecule has 1 rings (SSSR count). The molecule has 1 aromatic heterocycles. The number of halogens is 2. The molecule has 0 saturated carbocycles. The van der Waals surface area contributed by atoms with Gasteiger partial charge in [0.05, 0.1) is 11.9 Å². The van der Waals surface area contributed by atoms with Gasteiger partial charge in [-0.05, 0) is 25.1 Å². The number of hydrogen-bond donors (Lipinski definition) is 0. The van der Waals surface area contributed by atoms with E-state index in [2.05, 4.69) is 4.98 Å². The molecule has 0 radical (unpaired) electrons. The fourth-order valence-corrected chi connectivity index (χ4v) is 0.665. The van der Waals surface area contributed by atoms with Crippen molar-refractivity contribution in [3.05, 3.63) is 35.9 Å². The van der Waals surface area contributed by atoms with E-state index in [-0.39, 0.29) is 5.69 Å². The first kappa shape index (κ1) is 7.85. The van der Waals surface area contributed by atoms with Crippen LogP contribution in [0.3, 0.4) is 0 Å². The van der Waals surface area contributed by atoms with Gasteiger partial charge in [-0.2, -0.15) is 0 Å². The molecule has 0 aliphatic carbocycles. The number of nitrogens with zero attached hydrogens (tertiary/aromatic N) is 1. The summed E-state index contributed by atoms with van der Waals surface area (Å²) < 4.78 is 24.9. The summed E-state index contributed by atoms with van der Waals surface area (Å²) in [5, 5.41) is 0. The third kappa shape index (κ3) is 1.83. The molecule has 0 fully saturated rings. The predicted octanol–water partition coefficient (Wildman–Crippen LogP) is 2.55. The van der Waals surface area contributed by atoms with Crippen LogP contribution in [0, 0.1) is 5.82 Å². The van der Waals surface area contributed by atoms with Crippen molar-refractivity contribution >= 4 is 5.83 Å². The Morgan fingerprint density at radius 3 is 2.73 bits per heavy atom. The van der Waals surface area contributed by atoms with E-state index >= 15 is 0 Å². The molecule has 0 spiro atoms. The number of rotatable bonds is 1. The minimum absolute atomic E-state index is 0.161. The van der Waals surface area contributed by atoms with E-state index in [1.807, 2.05) is 0 Å². The highest BCUT2D eigenvalue weighted by Crippen LogP contribution is 2.11. The smallest absolute Gasteiger partial charge is 0.144 e. The molecule has 0 saturated heterocycles. The SMILES string of the molecule is C/C=C(\F)c1ccc(F)cn1. The highest BCUT2D eigenvalue weighted by molar-refractivity contribution is 5.54. The van der Waals surface area contributed by atoms with Crippen LogP contribution in [0.4, 0.5) is 8.78 Å². The molecule has 0 amide bonds. The first-order chi connectivity index (χ1) is 5.24. The molecule has 3 heteroatoms. The van der Waals surface area contributed by atoms with Gasteiger partial charge in [-0.25, -0.2) is 8.78 Å². The highest BCUT2D eigenvalue weighted by atomic mass is 19.1. The van der Waals surface area contributed by atoms with Crippen molar-refractivity contribution in [3.63, 3.8) is 0 Å². The summed E-state index contributed by atoms with van der Waals surface area (Å²) in [7, 11) is 0. The molecule has 0 aliphatic heterocycles. The van der Waals surface area contributed by atoms with Gasteiger partial charge in [0.2, 0.25) is 0 Å². The molecule has 0 aliphatic rings. The third-order valence-corrected chi connectivity index (χ3v) is 1.23. The van der Waals surface area contributed by atoms with Crippen LogP contribution in [-0.4, -0.2) is 4.98 Å². The summed E-state index contributed by atoms with van der Waals surface area (Å²) in [6, 6.07) is 2.47. The van der Waals surface area contributed by atoms with Crippen LogP contribution in [0.2, 0.25) is 0 Å². The van der Waals surface area contributed by atoms with Crippen LogP contribution in [0.5, 0.6) is 0 Å². The lowest BCUT2D eigenvalue weighted by molar-refractivity contribution is 0.619. The topological polar surface area (TPSA) is 12.9 Å². The van der Waals surface area contributed by atoms with E-state index in [0.717, 1.165) is 6.20 Å². The molecule has 58 valence electrons. The van der Waals surface area contributed by atoms with Gasteiger partial charge in [0.1, 0.15) is 11.6 Å². The van der Waals surface area contributed by atoms with E-state index in [0.29, 0.717) is 0 Å². The van der Waals surface area contributed by atoms with Crippen LogP contribution in [0.15, 0.2) is 24.4 Å². The maximum atomic E-state index is 12.7. The van der Waals surface area contributed by atoms with E-state index < -0.39 is 11.6 Å². The Labute approximate surface area is 63.4 Å². The standard InChI is InChI=1S/C8H7F2N/c1-2-7(10)8-4-3-6(9)5-11-8/h2-5H,1H3/b7-2-. The zero-order chi connectivity index (χ0) is 8.27. The predicted molar refractivity (Wildman–Crippen MR) is 39.0 cm³/mol. The molecule has 0 bridgehead atoms. The fourth-order valence-electron chi connectivity index (χ4n) is 0.665. The maximum Gasteiger partial charge on any atom is 0.144 e. The van der Waals surface area contributed by atoms with E-state index in [9.17, 15) is 8.78 Å². The fraction of sp³-hybridized carbons (Fsp3) is 0.125. The third-order valence-electron chi connectivity index (χ3n) is 1.23. The van der Waals surface area contributed by atoms with Crippen molar-refractivity contribution in [2.24, 2.45) is 0 Å². The number of aromatic nitrogens is 1. The van der Waals surface area contributed by atoms with Gasteiger partial charge in [0, 0.05) is 0 Å². The van der Waals surface area contributed by atoms with Gasteiger partial charge >= 0.3 is 0 Å². The Balaban J connectivity index is 2.99. The summed E-state index contributed by atoms with van der Waals surface area (Å²) in [5.41, 5.74) is 0.161. The molecule has 1 nitrogen and oxygen atoms in total. The second kappa shape index (κ2) is 3.23. The number of allylic oxidation sites excluding steroid dienone is 1. The van der Waals surface area contributed by atoms with Crippen molar-refractivity contribution in [2.45, 2.75) is 6.92 Å². The van der Waals surface area contributed by atoms with Crippen LogP contribution in [-0.2, 0) is 0 Å². The van der Waals surface area contributed by atoms with Gasteiger partial charge in [-0.3, -0.25) is 4.98 Å². The van der Waals surface area contributed by atoms with Crippen LogP contribution >= 0.6 is 0 Å². The van der Waals surface area contributed by atoms with Crippen LogP contribution < -0.4 is 0 Å². The van der Waals surface area contributed by atoms with Crippen molar-refractivity contribution in [3.8, 4) is 0 Å². The molecular formula is C8H7F2N. The van der Waals surface area contributed by atoms with Gasteiger partial charge in [-0.15, -0.1) is 0 Å². The Morgan fingerprint density at radius 1 is 1.55 bits per heavy atom. The quantitative estimate of drug-likeness (QED) is 0.607. The Hall–Kier alpha value is -1.25. The van der Waals surface area contributed by atoms with Gasteiger partial charge in [0.25, 0.3) is 0 Å². The molecule has 1 aromatic rings. The number of hydrogen-bond acceptors (Lipinski definition) is 1. The average molecular weight is 155 g/mol. The molecule has 1 heterocycles. The Morgan fingerprint density at radius 2 is 2.27 bits per heavy atom. The lowest BCUT2D eigenvalue weighted by Crippen LogP contribution is -1.84. The molecule has 0 atom stereocenters. The molecule has 0 unspecified atom stereocenters. The van der Waals surface area contributed by atoms with Crippen molar-refractivity contribution in [1.29, 1.82) is 0 Å². The normalized spacial score (nSPS) is 11.7. The van der Waals surface area contributed by atoms with E-state index in [1.165, 1.54) is 18.2 Å². The largest absolute Gasteiger partial charge is 0.251 e. The Bertz CT molecular complexity index is 264. The summed E-state index contributed by atoms with van der Waals surface area (Å²) in [6.45, 7) is 1.56. The van der Waals surface area contributed by atoms with Crippen molar-refractivity contribution < 1.29 is 8.78 Å². The van der Waals surface area contributed by atoms with Gasteiger partial charge in [0.15, 0.2) is 0 Å². The van der Waals surface area contributed by atoms with E-state index in [4.69, 9.17) is 0 Å².